The van der Waals surface area contributed by atoms with E-state index in [0.717, 1.165) is 69.7 Å². The maximum Gasteiger partial charge on any atom is 0.302 e. The van der Waals surface area contributed by atoms with Crippen molar-refractivity contribution in [2.45, 2.75) is 148 Å². The monoisotopic (exact) mass is 607 g/mol. The van der Waals surface area contributed by atoms with Crippen LogP contribution in [0.25, 0.3) is 0 Å². The number of methoxy groups -OCH3 is 1. The topological polar surface area (TPSA) is 125 Å². The minimum atomic E-state index is -0.459. The number of aliphatic hydroxyl groups is 1. The number of esters is 2. The maximum absolute atomic E-state index is 12.4. The molecule has 5 N–H and O–H groups in total. The van der Waals surface area contributed by atoms with Gasteiger partial charge in [-0.25, -0.2) is 0 Å². The molecule has 3 saturated carbocycles. The summed E-state index contributed by atoms with van der Waals surface area (Å²) < 4.78 is 17.8. The summed E-state index contributed by atoms with van der Waals surface area (Å²) in [5.41, 5.74) is 6.34. The Balaban J connectivity index is 1.48. The van der Waals surface area contributed by atoms with Crippen LogP contribution >= 0.6 is 0 Å². The smallest absolute Gasteiger partial charge is 0.302 e. The lowest BCUT2D eigenvalue weighted by Crippen LogP contribution is -2.94. The molecule has 0 amide bonds. The van der Waals surface area contributed by atoms with Gasteiger partial charge in [-0.15, -0.1) is 0 Å². The van der Waals surface area contributed by atoms with Crippen LogP contribution in [0.3, 0.4) is 0 Å². The highest BCUT2D eigenvalue weighted by Crippen LogP contribution is 2.47. The van der Waals surface area contributed by atoms with Crippen molar-refractivity contribution < 1.29 is 34.2 Å². The molecule has 2 bridgehead atoms. The number of aliphatic hydroxyl groups excluding tert-OH is 1. The Bertz CT molecular complexity index is 884. The molecule has 1 aliphatic heterocycles. The summed E-state index contributed by atoms with van der Waals surface area (Å²) in [5.74, 6) is 3.92. The average Bonchev–Trinajstić information content (AvgIpc) is 2.93. The van der Waals surface area contributed by atoms with Crippen LogP contribution in [0.5, 0.6) is 0 Å². The van der Waals surface area contributed by atoms with Gasteiger partial charge < -0.3 is 24.6 Å². The number of carbonyl (C=O) groups excluding carboxylic acids is 2. The third-order valence-electron chi connectivity index (χ3n) is 11.9. The zero-order valence-electron chi connectivity index (χ0n) is 27.8. The van der Waals surface area contributed by atoms with Gasteiger partial charge in [-0.3, -0.25) is 15.3 Å². The summed E-state index contributed by atoms with van der Waals surface area (Å²) in [6, 6.07) is 0. The summed E-state index contributed by atoms with van der Waals surface area (Å²) in [5, 5.41) is 13.1. The van der Waals surface area contributed by atoms with Crippen LogP contribution in [-0.2, 0) is 23.8 Å². The molecule has 0 aromatic rings. The molecular weight excluding hydrogens is 544 g/mol. The first kappa shape index (κ1) is 34.6. The van der Waals surface area contributed by atoms with Gasteiger partial charge in [-0.05, 0) is 105 Å². The van der Waals surface area contributed by atoms with Gasteiger partial charge in [0.15, 0.2) is 0 Å². The number of hydrogen-bond donors (Lipinski definition) is 3. The third-order valence-corrected chi connectivity index (χ3v) is 11.9. The first-order chi connectivity index (χ1) is 20.5. The molecule has 0 aromatic carbocycles. The molecule has 248 valence electrons. The maximum atomic E-state index is 12.4. The zero-order chi connectivity index (χ0) is 31.1. The van der Waals surface area contributed by atoms with Crippen molar-refractivity contribution in [3.8, 4) is 0 Å². The first-order valence-corrected chi connectivity index (χ1v) is 17.7. The Labute approximate surface area is 260 Å². The predicted octanol–water partition coefficient (Wildman–Crippen LogP) is 4.56. The predicted molar refractivity (Wildman–Crippen MR) is 167 cm³/mol. The van der Waals surface area contributed by atoms with Gasteiger partial charge in [0.05, 0.1) is 18.8 Å². The largest absolute Gasteiger partial charge is 0.462 e. The van der Waals surface area contributed by atoms with E-state index in [1.807, 2.05) is 0 Å². The van der Waals surface area contributed by atoms with Gasteiger partial charge in [0, 0.05) is 33.8 Å². The lowest BCUT2D eigenvalue weighted by Gasteiger charge is -2.44. The quantitative estimate of drug-likeness (QED) is 0.294. The highest BCUT2D eigenvalue weighted by Gasteiger charge is 2.43. The number of fused-ring (bicyclic) bond motifs is 2. The summed E-state index contributed by atoms with van der Waals surface area (Å²) in [6.07, 6.45) is 13.3. The molecule has 12 atom stereocenters. The minimum absolute atomic E-state index is 0.119. The number of ether oxygens (including phenoxy) is 3. The lowest BCUT2D eigenvalue weighted by molar-refractivity contribution is -0.699. The molecule has 3 aliphatic carbocycles. The van der Waals surface area contributed by atoms with Gasteiger partial charge in [-0.2, -0.15) is 0 Å². The molecule has 0 aromatic heterocycles. The van der Waals surface area contributed by atoms with E-state index in [1.165, 1.54) is 46.0 Å². The number of carbonyl (C=O) groups is 2. The molecule has 8 nitrogen and oxygen atoms in total. The van der Waals surface area contributed by atoms with E-state index >= 15 is 0 Å². The van der Waals surface area contributed by atoms with E-state index in [2.05, 4.69) is 19.2 Å². The Morgan fingerprint density at radius 2 is 1.70 bits per heavy atom. The number of piperidine rings is 1. The van der Waals surface area contributed by atoms with Gasteiger partial charge >= 0.3 is 11.9 Å². The Hall–Kier alpha value is -1.22. The van der Waals surface area contributed by atoms with Crippen molar-refractivity contribution in [2.75, 3.05) is 13.7 Å². The molecular formula is C35H63N2O6+. The van der Waals surface area contributed by atoms with E-state index in [0.29, 0.717) is 41.9 Å². The lowest BCUT2D eigenvalue weighted by atomic mass is 9.63. The standard InChI is InChI=1S/C35H62N2O6/c1-21(2)30-12-9-24-7-6-8-27(16-28(30)15-24)33(43-23(4)39)19-29(42-22(3)38)11-10-25-17-34(41-5)32(40)20-31(25)26-13-14-37-35(36)18-26/h21,24-35,37,40H,6-20,36H2,1-5H3/p+1. The number of nitrogens with two attached hydrogens (primary N) is 2. The van der Waals surface area contributed by atoms with Gasteiger partial charge in [-0.1, -0.05) is 33.1 Å². The summed E-state index contributed by atoms with van der Waals surface area (Å²) in [6.45, 7) is 8.76. The van der Waals surface area contributed by atoms with Gasteiger partial charge in [0.1, 0.15) is 18.4 Å². The van der Waals surface area contributed by atoms with Crippen LogP contribution < -0.4 is 11.1 Å². The fourth-order valence-electron chi connectivity index (χ4n) is 9.87. The minimum Gasteiger partial charge on any atom is -0.462 e. The Morgan fingerprint density at radius 1 is 0.930 bits per heavy atom. The highest BCUT2D eigenvalue weighted by atomic mass is 16.6. The molecule has 12 unspecified atom stereocenters. The molecule has 4 aliphatic rings. The third kappa shape index (κ3) is 9.88. The average molecular weight is 608 g/mol. The van der Waals surface area contributed by atoms with Crippen molar-refractivity contribution in [1.82, 2.24) is 0 Å². The van der Waals surface area contributed by atoms with Crippen molar-refractivity contribution in [3.63, 3.8) is 0 Å². The van der Waals surface area contributed by atoms with E-state index in [4.69, 9.17) is 19.9 Å². The van der Waals surface area contributed by atoms with Crippen LogP contribution in [-0.4, -0.2) is 61.3 Å². The summed E-state index contributed by atoms with van der Waals surface area (Å²) in [4.78, 5) is 24.7. The Kier molecular flexibility index (Phi) is 13.2. The van der Waals surface area contributed by atoms with E-state index in [-0.39, 0.29) is 36.4 Å². The molecule has 1 saturated heterocycles. The molecule has 0 radical (unpaired) electrons. The van der Waals surface area contributed by atoms with Crippen molar-refractivity contribution >= 4 is 11.9 Å². The van der Waals surface area contributed by atoms with Crippen LogP contribution in [0.2, 0.25) is 0 Å². The number of rotatable bonds is 11. The molecule has 43 heavy (non-hydrogen) atoms. The van der Waals surface area contributed by atoms with Crippen molar-refractivity contribution in [2.24, 2.45) is 53.1 Å². The first-order valence-electron chi connectivity index (χ1n) is 17.7. The number of hydrogen-bond acceptors (Lipinski definition) is 7. The van der Waals surface area contributed by atoms with E-state index in [1.54, 1.807) is 7.11 Å². The second-order valence-corrected chi connectivity index (χ2v) is 15.2. The second kappa shape index (κ2) is 16.4. The fourth-order valence-corrected chi connectivity index (χ4v) is 9.87. The van der Waals surface area contributed by atoms with E-state index in [9.17, 15) is 14.7 Å². The second-order valence-electron chi connectivity index (χ2n) is 15.2. The zero-order valence-corrected chi connectivity index (χ0v) is 27.8. The molecule has 8 heteroatoms. The summed E-state index contributed by atoms with van der Waals surface area (Å²) in [7, 11) is 1.69. The highest BCUT2D eigenvalue weighted by molar-refractivity contribution is 5.66. The van der Waals surface area contributed by atoms with E-state index < -0.39 is 6.10 Å². The van der Waals surface area contributed by atoms with Crippen LogP contribution in [0, 0.1) is 47.3 Å². The Morgan fingerprint density at radius 3 is 2.37 bits per heavy atom. The SMILES string of the molecule is COC1CC(CCC(CC(OC(C)=O)C2CCCC3CCC(C(C)C)C(C3)C2)OC(C)=O)C(C2CC[NH2+]C(N)C2)CC1O. The molecule has 4 rings (SSSR count). The number of quaternary nitrogens is 1. The van der Waals surface area contributed by atoms with Gasteiger partial charge in [0.25, 0.3) is 0 Å². The van der Waals surface area contributed by atoms with Crippen LogP contribution in [0.4, 0.5) is 0 Å². The normalized spacial score (nSPS) is 38.4. The molecule has 0 spiro atoms. The van der Waals surface area contributed by atoms with Crippen molar-refractivity contribution in [3.05, 3.63) is 0 Å². The fraction of sp³-hybridized carbons (Fsp3) is 0.943. The molecule has 4 fully saturated rings. The summed E-state index contributed by atoms with van der Waals surface area (Å²) >= 11 is 0. The van der Waals surface area contributed by atoms with Crippen LogP contribution in [0.15, 0.2) is 0 Å². The van der Waals surface area contributed by atoms with Crippen LogP contribution in [0.1, 0.15) is 118 Å². The molecule has 1 heterocycles. The van der Waals surface area contributed by atoms with Crippen molar-refractivity contribution in [1.29, 1.82) is 0 Å². The van der Waals surface area contributed by atoms with Gasteiger partial charge in [0.2, 0.25) is 0 Å².